The highest BCUT2D eigenvalue weighted by atomic mass is 16.5. The molecule has 2 aromatic rings. The lowest BCUT2D eigenvalue weighted by atomic mass is 10.0. The Morgan fingerprint density at radius 3 is 2.78 bits per heavy atom. The molecule has 0 radical (unpaired) electrons. The van der Waals surface area contributed by atoms with Crippen molar-refractivity contribution < 1.29 is 4.74 Å². The Morgan fingerprint density at radius 1 is 1.39 bits per heavy atom. The molecule has 1 aromatic carbocycles. The molecule has 96 valence electrons. The van der Waals surface area contributed by atoms with Crippen LogP contribution in [0, 0.1) is 0 Å². The molecular formula is C14H19N3O. The Kier molecular flexibility index (Phi) is 3.67. The summed E-state index contributed by atoms with van der Waals surface area (Å²) in [6, 6.07) is 6.19. The van der Waals surface area contributed by atoms with Gasteiger partial charge in [-0.25, -0.2) is 0 Å². The van der Waals surface area contributed by atoms with Crippen LogP contribution in [-0.2, 0) is 20.0 Å². The second-order valence-electron chi connectivity index (χ2n) is 4.27. The van der Waals surface area contributed by atoms with E-state index < -0.39 is 0 Å². The molecule has 2 rings (SSSR count). The third-order valence-corrected chi connectivity index (χ3v) is 3.05. The number of aryl methyl sites for hydroxylation is 2. The Morgan fingerprint density at radius 2 is 2.17 bits per heavy atom. The summed E-state index contributed by atoms with van der Waals surface area (Å²) in [5, 5.41) is 4.49. The third kappa shape index (κ3) is 2.24. The number of aromatic nitrogens is 2. The highest BCUT2D eigenvalue weighted by molar-refractivity contribution is 5.70. The molecule has 0 fully saturated rings. The van der Waals surface area contributed by atoms with E-state index in [9.17, 15) is 0 Å². The molecule has 0 unspecified atom stereocenters. The number of rotatable bonds is 4. The number of methoxy groups -OCH3 is 1. The zero-order chi connectivity index (χ0) is 13.1. The molecule has 0 saturated carbocycles. The maximum atomic E-state index is 5.77. The summed E-state index contributed by atoms with van der Waals surface area (Å²) in [6.07, 6.45) is 2.94. The highest BCUT2D eigenvalue weighted by Crippen LogP contribution is 2.32. The minimum Gasteiger partial charge on any atom is -0.496 e. The minimum absolute atomic E-state index is 0.475. The molecule has 2 N–H and O–H groups in total. The summed E-state index contributed by atoms with van der Waals surface area (Å²) < 4.78 is 7.21. The summed E-state index contributed by atoms with van der Waals surface area (Å²) >= 11 is 0. The fourth-order valence-corrected chi connectivity index (χ4v) is 2.07. The zero-order valence-corrected chi connectivity index (χ0v) is 11.1. The first-order valence-corrected chi connectivity index (χ1v) is 6.09. The maximum Gasteiger partial charge on any atom is 0.128 e. The van der Waals surface area contributed by atoms with Gasteiger partial charge in [0, 0.05) is 30.9 Å². The van der Waals surface area contributed by atoms with Crippen molar-refractivity contribution in [2.24, 2.45) is 12.8 Å². The summed E-state index contributed by atoms with van der Waals surface area (Å²) in [5.74, 6) is 0.834. The van der Waals surface area contributed by atoms with Crippen molar-refractivity contribution in [3.05, 3.63) is 35.5 Å². The fraction of sp³-hybridized carbons (Fsp3) is 0.357. The monoisotopic (exact) mass is 245 g/mol. The van der Waals surface area contributed by atoms with Crippen molar-refractivity contribution in [2.45, 2.75) is 19.9 Å². The number of benzene rings is 1. The van der Waals surface area contributed by atoms with Crippen LogP contribution in [0.4, 0.5) is 0 Å². The van der Waals surface area contributed by atoms with E-state index in [-0.39, 0.29) is 0 Å². The van der Waals surface area contributed by atoms with Gasteiger partial charge in [0.15, 0.2) is 0 Å². The van der Waals surface area contributed by atoms with Crippen LogP contribution in [0.3, 0.4) is 0 Å². The van der Waals surface area contributed by atoms with Gasteiger partial charge in [0.1, 0.15) is 11.4 Å². The van der Waals surface area contributed by atoms with E-state index in [0.29, 0.717) is 6.54 Å². The molecule has 1 heterocycles. The molecule has 0 bridgehead atoms. The first-order chi connectivity index (χ1) is 8.69. The largest absolute Gasteiger partial charge is 0.496 e. The van der Waals surface area contributed by atoms with Gasteiger partial charge in [-0.3, -0.25) is 4.68 Å². The van der Waals surface area contributed by atoms with Gasteiger partial charge in [-0.1, -0.05) is 13.0 Å². The van der Waals surface area contributed by atoms with E-state index in [0.717, 1.165) is 29.0 Å². The van der Waals surface area contributed by atoms with Crippen LogP contribution in [-0.4, -0.2) is 16.9 Å². The molecule has 18 heavy (non-hydrogen) atoms. The Hall–Kier alpha value is -1.81. The Bertz CT molecular complexity index is 546. The van der Waals surface area contributed by atoms with Crippen LogP contribution in [0.15, 0.2) is 24.4 Å². The van der Waals surface area contributed by atoms with Crippen LogP contribution in [0.2, 0.25) is 0 Å². The summed E-state index contributed by atoms with van der Waals surface area (Å²) in [7, 11) is 3.58. The van der Waals surface area contributed by atoms with E-state index in [1.54, 1.807) is 11.8 Å². The molecule has 0 spiro atoms. The predicted molar refractivity (Wildman–Crippen MR) is 72.5 cm³/mol. The zero-order valence-electron chi connectivity index (χ0n) is 11.1. The fourth-order valence-electron chi connectivity index (χ4n) is 2.07. The smallest absolute Gasteiger partial charge is 0.128 e. The molecule has 0 aliphatic rings. The predicted octanol–water partition coefficient (Wildman–Crippen LogP) is 2.12. The average Bonchev–Trinajstić information content (AvgIpc) is 2.79. The molecule has 0 aliphatic heterocycles. The van der Waals surface area contributed by atoms with E-state index in [1.807, 2.05) is 19.3 Å². The molecular weight excluding hydrogens is 226 g/mol. The van der Waals surface area contributed by atoms with E-state index in [1.165, 1.54) is 5.56 Å². The molecule has 0 atom stereocenters. The molecule has 0 saturated heterocycles. The summed E-state index contributed by atoms with van der Waals surface area (Å²) in [4.78, 5) is 0. The summed E-state index contributed by atoms with van der Waals surface area (Å²) in [6.45, 7) is 2.61. The normalized spacial score (nSPS) is 10.7. The summed E-state index contributed by atoms with van der Waals surface area (Å²) in [5.41, 5.74) is 9.99. The average molecular weight is 245 g/mol. The Balaban J connectivity index is 2.60. The number of nitrogens with zero attached hydrogens (tertiary/aromatic N) is 2. The number of hydrogen-bond donors (Lipinski definition) is 1. The van der Waals surface area contributed by atoms with Gasteiger partial charge in [-0.15, -0.1) is 0 Å². The van der Waals surface area contributed by atoms with E-state index >= 15 is 0 Å². The van der Waals surface area contributed by atoms with Crippen LogP contribution in [0.5, 0.6) is 5.75 Å². The van der Waals surface area contributed by atoms with Crippen molar-refractivity contribution in [1.82, 2.24) is 9.78 Å². The van der Waals surface area contributed by atoms with Crippen LogP contribution < -0.4 is 10.5 Å². The van der Waals surface area contributed by atoms with Gasteiger partial charge >= 0.3 is 0 Å². The van der Waals surface area contributed by atoms with Crippen molar-refractivity contribution >= 4 is 0 Å². The van der Waals surface area contributed by atoms with Crippen molar-refractivity contribution in [1.29, 1.82) is 0 Å². The Labute approximate surface area is 107 Å². The lowest BCUT2D eigenvalue weighted by Crippen LogP contribution is -1.98. The van der Waals surface area contributed by atoms with Gasteiger partial charge in [0.05, 0.1) is 7.11 Å². The maximum absolute atomic E-state index is 5.77. The molecule has 4 nitrogen and oxygen atoms in total. The van der Waals surface area contributed by atoms with Crippen molar-refractivity contribution in [3.8, 4) is 17.0 Å². The number of ether oxygens (including phenoxy) is 1. The SMILES string of the molecule is CCc1ccc(OC)c(-c2nn(C)cc2CN)c1. The highest BCUT2D eigenvalue weighted by Gasteiger charge is 2.14. The van der Waals surface area contributed by atoms with Crippen LogP contribution >= 0.6 is 0 Å². The van der Waals surface area contributed by atoms with Gasteiger partial charge in [0.2, 0.25) is 0 Å². The minimum atomic E-state index is 0.475. The second kappa shape index (κ2) is 5.23. The van der Waals surface area contributed by atoms with Gasteiger partial charge in [-0.2, -0.15) is 5.10 Å². The third-order valence-electron chi connectivity index (χ3n) is 3.05. The lowest BCUT2D eigenvalue weighted by molar-refractivity contribution is 0.416. The van der Waals surface area contributed by atoms with E-state index in [2.05, 4.69) is 24.2 Å². The quantitative estimate of drug-likeness (QED) is 0.897. The first kappa shape index (κ1) is 12.6. The molecule has 0 amide bonds. The van der Waals surface area contributed by atoms with Crippen LogP contribution in [0.25, 0.3) is 11.3 Å². The van der Waals surface area contributed by atoms with E-state index in [4.69, 9.17) is 10.5 Å². The molecule has 1 aromatic heterocycles. The number of nitrogens with two attached hydrogens (primary N) is 1. The van der Waals surface area contributed by atoms with Gasteiger partial charge in [0.25, 0.3) is 0 Å². The van der Waals surface area contributed by atoms with Crippen molar-refractivity contribution in [3.63, 3.8) is 0 Å². The molecule has 0 aliphatic carbocycles. The number of hydrogen-bond acceptors (Lipinski definition) is 3. The van der Waals surface area contributed by atoms with Gasteiger partial charge in [-0.05, 0) is 24.1 Å². The van der Waals surface area contributed by atoms with Crippen LogP contribution in [0.1, 0.15) is 18.1 Å². The topological polar surface area (TPSA) is 53.1 Å². The second-order valence-corrected chi connectivity index (χ2v) is 4.27. The van der Waals surface area contributed by atoms with Crippen molar-refractivity contribution in [2.75, 3.05) is 7.11 Å². The standard InChI is InChI=1S/C14H19N3O/c1-4-10-5-6-13(18-3)12(7-10)14-11(8-15)9-17(2)16-14/h5-7,9H,4,8,15H2,1-3H3. The first-order valence-electron chi connectivity index (χ1n) is 6.09. The molecule has 4 heteroatoms. The van der Waals surface area contributed by atoms with Gasteiger partial charge < -0.3 is 10.5 Å². The lowest BCUT2D eigenvalue weighted by Gasteiger charge is -2.09.